The summed E-state index contributed by atoms with van der Waals surface area (Å²) in [7, 11) is -0.549. The zero-order valence-corrected chi connectivity index (χ0v) is 14.1. The molecular formula is C16H17BF2N4O3. The molecule has 2 aliphatic heterocycles. The van der Waals surface area contributed by atoms with E-state index in [1.54, 1.807) is 6.82 Å². The molecule has 0 amide bonds. The summed E-state index contributed by atoms with van der Waals surface area (Å²) in [5.41, 5.74) is -0.00604. The van der Waals surface area contributed by atoms with Crippen molar-refractivity contribution < 1.29 is 18.5 Å². The Hall–Kier alpha value is -2.46. The van der Waals surface area contributed by atoms with Crippen LogP contribution in [0.1, 0.15) is 0 Å². The molecular weight excluding hydrogens is 345 g/mol. The lowest BCUT2D eigenvalue weighted by Crippen LogP contribution is -2.60. The van der Waals surface area contributed by atoms with Gasteiger partial charge in [-0.05, 0) is 19.0 Å². The molecule has 1 unspecified atom stereocenters. The van der Waals surface area contributed by atoms with Gasteiger partial charge in [0.2, 0.25) is 5.75 Å². The smallest absolute Gasteiger partial charge is 0.376 e. The highest BCUT2D eigenvalue weighted by molar-refractivity contribution is 6.45. The number of piperazine rings is 1. The SMILES string of the molecule is CB(O)N1CCN2c3cnn(-c4cc(F)cc(F)c4)c(=O)c3OCC2C1. The van der Waals surface area contributed by atoms with Gasteiger partial charge in [-0.15, -0.1) is 0 Å². The molecule has 0 spiro atoms. The van der Waals surface area contributed by atoms with E-state index in [1.165, 1.54) is 6.20 Å². The molecule has 0 saturated carbocycles. The highest BCUT2D eigenvalue weighted by Gasteiger charge is 2.36. The predicted molar refractivity (Wildman–Crippen MR) is 91.8 cm³/mol. The number of anilines is 1. The zero-order valence-electron chi connectivity index (χ0n) is 14.1. The number of fused-ring (bicyclic) bond motifs is 3. The number of hydrogen-bond donors (Lipinski definition) is 1. The second-order valence-electron chi connectivity index (χ2n) is 6.49. The molecule has 1 aromatic carbocycles. The van der Waals surface area contributed by atoms with Crippen LogP contribution in [0.3, 0.4) is 0 Å². The van der Waals surface area contributed by atoms with Gasteiger partial charge in [-0.3, -0.25) is 4.79 Å². The van der Waals surface area contributed by atoms with Gasteiger partial charge < -0.3 is 19.5 Å². The molecule has 1 aromatic heterocycles. The Morgan fingerprint density at radius 1 is 1.27 bits per heavy atom. The quantitative estimate of drug-likeness (QED) is 0.785. The molecule has 136 valence electrons. The van der Waals surface area contributed by atoms with E-state index in [0.29, 0.717) is 25.3 Å². The Morgan fingerprint density at radius 3 is 2.69 bits per heavy atom. The first kappa shape index (κ1) is 17.0. The van der Waals surface area contributed by atoms with Crippen LogP contribution in [0.4, 0.5) is 14.5 Å². The number of ether oxygens (including phenoxy) is 1. The van der Waals surface area contributed by atoms with E-state index >= 15 is 0 Å². The first-order valence-electron chi connectivity index (χ1n) is 8.34. The summed E-state index contributed by atoms with van der Waals surface area (Å²) in [4.78, 5) is 16.7. The van der Waals surface area contributed by atoms with Crippen molar-refractivity contribution in [3.05, 3.63) is 46.4 Å². The number of halogens is 2. The van der Waals surface area contributed by atoms with Gasteiger partial charge in [-0.2, -0.15) is 9.78 Å². The van der Waals surface area contributed by atoms with Gasteiger partial charge in [0.05, 0.1) is 17.9 Å². The lowest BCUT2D eigenvalue weighted by molar-refractivity contribution is 0.202. The van der Waals surface area contributed by atoms with Gasteiger partial charge in [0.15, 0.2) is 0 Å². The molecule has 26 heavy (non-hydrogen) atoms. The number of aromatic nitrogens is 2. The van der Waals surface area contributed by atoms with Crippen molar-refractivity contribution in [2.24, 2.45) is 0 Å². The molecule has 0 radical (unpaired) electrons. The van der Waals surface area contributed by atoms with Crippen LogP contribution >= 0.6 is 0 Å². The minimum Gasteiger partial charge on any atom is -0.484 e. The van der Waals surface area contributed by atoms with Gasteiger partial charge in [-0.1, -0.05) is 0 Å². The molecule has 10 heteroatoms. The summed E-state index contributed by atoms with van der Waals surface area (Å²) >= 11 is 0. The topological polar surface area (TPSA) is 70.8 Å². The highest BCUT2D eigenvalue weighted by Crippen LogP contribution is 2.32. The van der Waals surface area contributed by atoms with E-state index in [4.69, 9.17) is 4.74 Å². The predicted octanol–water partition coefficient (Wildman–Crippen LogP) is 0.504. The summed E-state index contributed by atoms with van der Waals surface area (Å²) in [6.45, 7) is 3.87. The minimum atomic E-state index is -0.790. The first-order valence-corrected chi connectivity index (χ1v) is 8.34. The van der Waals surface area contributed by atoms with E-state index in [1.807, 2.05) is 9.71 Å². The van der Waals surface area contributed by atoms with Crippen LogP contribution in [-0.2, 0) is 0 Å². The van der Waals surface area contributed by atoms with E-state index in [-0.39, 0.29) is 24.1 Å². The van der Waals surface area contributed by atoms with Crippen molar-refractivity contribution in [1.29, 1.82) is 0 Å². The second-order valence-corrected chi connectivity index (χ2v) is 6.49. The molecule has 1 saturated heterocycles. The summed E-state index contributed by atoms with van der Waals surface area (Å²) < 4.78 is 33.5. The summed E-state index contributed by atoms with van der Waals surface area (Å²) in [6.07, 6.45) is 1.48. The fraction of sp³-hybridized carbons (Fsp3) is 0.375. The van der Waals surface area contributed by atoms with Crippen molar-refractivity contribution in [3.8, 4) is 11.4 Å². The van der Waals surface area contributed by atoms with Gasteiger partial charge in [0, 0.05) is 25.7 Å². The molecule has 2 aromatic rings. The van der Waals surface area contributed by atoms with E-state index in [2.05, 4.69) is 5.10 Å². The van der Waals surface area contributed by atoms with E-state index in [0.717, 1.165) is 22.9 Å². The monoisotopic (exact) mass is 362 g/mol. The van der Waals surface area contributed by atoms with E-state index in [9.17, 15) is 18.6 Å². The maximum atomic E-state index is 13.5. The second kappa shape index (κ2) is 6.37. The number of hydrogen-bond acceptors (Lipinski definition) is 6. The number of rotatable bonds is 2. The van der Waals surface area contributed by atoms with Crippen LogP contribution in [0.2, 0.25) is 6.82 Å². The van der Waals surface area contributed by atoms with Crippen molar-refractivity contribution in [2.45, 2.75) is 12.9 Å². The number of nitrogens with zero attached hydrogens (tertiary/aromatic N) is 4. The Kier molecular flexibility index (Phi) is 4.16. The normalized spacial score (nSPS) is 19.5. The molecule has 1 fully saturated rings. The molecule has 1 atom stereocenters. The fourth-order valence-electron chi connectivity index (χ4n) is 3.47. The summed E-state index contributed by atoms with van der Waals surface area (Å²) in [6, 6.07) is 2.80. The van der Waals surface area contributed by atoms with Crippen molar-refractivity contribution >= 4 is 12.7 Å². The van der Waals surface area contributed by atoms with Crippen molar-refractivity contribution in [1.82, 2.24) is 14.6 Å². The van der Waals surface area contributed by atoms with Crippen LogP contribution in [0.25, 0.3) is 5.69 Å². The standard InChI is InChI=1S/C16H17BF2N4O3/c1-17(25)21-2-3-22-13(8-21)9-26-15-14(22)7-20-23(16(15)24)12-5-10(18)4-11(19)6-12/h4-7,13,25H,2-3,8-9H2,1H3. The third-order valence-electron chi connectivity index (χ3n) is 4.78. The first-order chi connectivity index (χ1) is 12.4. The molecule has 3 heterocycles. The van der Waals surface area contributed by atoms with Crippen LogP contribution in [0.5, 0.6) is 5.75 Å². The van der Waals surface area contributed by atoms with Gasteiger partial charge >= 0.3 is 12.6 Å². The van der Waals surface area contributed by atoms with Crippen LogP contribution in [0.15, 0.2) is 29.2 Å². The Labute approximate surface area is 148 Å². The molecule has 2 aliphatic rings. The van der Waals surface area contributed by atoms with Gasteiger partial charge in [-0.25, -0.2) is 8.78 Å². The average Bonchev–Trinajstić information content (AvgIpc) is 2.60. The largest absolute Gasteiger partial charge is 0.484 e. The Morgan fingerprint density at radius 2 is 2.00 bits per heavy atom. The van der Waals surface area contributed by atoms with Crippen LogP contribution < -0.4 is 15.2 Å². The fourth-order valence-corrected chi connectivity index (χ4v) is 3.47. The van der Waals surface area contributed by atoms with Crippen molar-refractivity contribution in [2.75, 3.05) is 31.1 Å². The van der Waals surface area contributed by atoms with E-state index < -0.39 is 24.2 Å². The molecule has 4 rings (SSSR count). The molecule has 0 aliphatic carbocycles. The maximum Gasteiger partial charge on any atom is 0.376 e. The molecule has 0 bridgehead atoms. The van der Waals surface area contributed by atoms with Crippen LogP contribution in [-0.4, -0.2) is 58.9 Å². The Balaban J connectivity index is 1.70. The minimum absolute atomic E-state index is 0.0000481. The maximum absolute atomic E-state index is 13.5. The number of benzene rings is 1. The highest BCUT2D eigenvalue weighted by atomic mass is 19.1. The van der Waals surface area contributed by atoms with Gasteiger partial charge in [0.1, 0.15) is 23.9 Å². The average molecular weight is 362 g/mol. The lowest BCUT2D eigenvalue weighted by atomic mass is 9.83. The third-order valence-corrected chi connectivity index (χ3v) is 4.78. The summed E-state index contributed by atoms with van der Waals surface area (Å²) in [5, 5.41) is 13.8. The lowest BCUT2D eigenvalue weighted by Gasteiger charge is -2.45. The van der Waals surface area contributed by atoms with Gasteiger partial charge in [0.25, 0.3) is 0 Å². The zero-order chi connectivity index (χ0) is 18.4. The third kappa shape index (κ3) is 2.84. The van der Waals surface area contributed by atoms with Crippen molar-refractivity contribution in [3.63, 3.8) is 0 Å². The van der Waals surface area contributed by atoms with Crippen LogP contribution in [0, 0.1) is 11.6 Å². The summed E-state index contributed by atoms with van der Waals surface area (Å²) in [5.74, 6) is -1.46. The molecule has 7 nitrogen and oxygen atoms in total. The molecule has 1 N–H and O–H groups in total. The Bertz CT molecular complexity index is 887.